The Bertz CT molecular complexity index is 8100. The third kappa shape index (κ3) is 15.5. The van der Waals surface area contributed by atoms with Gasteiger partial charge in [-0.05, 0) is 211 Å². The molecule has 0 bridgehead atoms. The highest BCUT2D eigenvalue weighted by molar-refractivity contribution is 6.31. The largest absolute Gasteiger partial charge is 0.416 e. The number of halogens is 6. The molecular weight excluding hydrogens is 1600 g/mol. The second-order valence-corrected chi connectivity index (χ2v) is 29.2. The smallest absolute Gasteiger partial charge is 0.384 e. The summed E-state index contributed by atoms with van der Waals surface area (Å²) in [6.07, 6.45) is 10.4. The average Bonchev–Trinajstić information content (AvgIpc) is 1.69. The van der Waals surface area contributed by atoms with E-state index in [1.807, 2.05) is 72.8 Å². The number of fused-ring (bicyclic) bond motifs is 12. The van der Waals surface area contributed by atoms with Gasteiger partial charge in [-0.15, -0.1) is 0 Å². The molecule has 0 fully saturated rings. The zero-order valence-corrected chi connectivity index (χ0v) is 65.4. The van der Waals surface area contributed by atoms with Crippen molar-refractivity contribution in [1.82, 2.24) is 63.1 Å². The van der Waals surface area contributed by atoms with Gasteiger partial charge in [0, 0.05) is 157 Å². The molecule has 0 aliphatic rings. The topological polar surface area (TPSA) is 316 Å². The van der Waals surface area contributed by atoms with Crippen molar-refractivity contribution in [3.8, 4) is 67.4 Å². The minimum absolute atomic E-state index is 0.0431. The summed E-state index contributed by atoms with van der Waals surface area (Å²) in [6.45, 7) is 4.72. The highest BCUT2D eigenvalue weighted by Gasteiger charge is 2.33. The van der Waals surface area contributed by atoms with E-state index in [1.54, 1.807) is 147 Å². The van der Waals surface area contributed by atoms with E-state index in [1.165, 1.54) is 99.5 Å². The number of nitro groups is 1. The summed E-state index contributed by atoms with van der Waals surface area (Å²) in [5.74, 6) is -0.429. The zero-order chi connectivity index (χ0) is 85.8. The number of aryl methyl sites for hydroxylation is 3. The third-order valence-electron chi connectivity index (χ3n) is 21.0. The molecule has 0 saturated carbocycles. The summed E-state index contributed by atoms with van der Waals surface area (Å²) in [6, 6.07) is 62.6. The van der Waals surface area contributed by atoms with Crippen LogP contribution in [0.25, 0.3) is 155 Å². The molecule has 29 heteroatoms. The Morgan fingerprint density at radius 3 is 1.17 bits per heavy atom. The maximum atomic E-state index is 13.8. The molecule has 0 radical (unpaired) electrons. The molecule has 23 nitrogen and oxygen atoms in total. The number of aromatic amines is 3. The van der Waals surface area contributed by atoms with Crippen molar-refractivity contribution in [3.63, 3.8) is 0 Å². The van der Waals surface area contributed by atoms with Crippen molar-refractivity contribution in [3.05, 3.63) is 398 Å². The fraction of sp³-hybridized carbons (Fsp3) is 0.0426. The predicted octanol–water partition coefficient (Wildman–Crippen LogP) is 18.7. The second-order valence-electron chi connectivity index (χ2n) is 28.8. The standard InChI is InChI=1S/C25H16F3N3O2.C24H16FN3O2.C24H17N5O3.C21H12ClFN4O/c1-14-2-6-18(11-20(14)25(26,27)28)31-23(33)9-5-17-13-29-21-7-3-15(10-19(21)24(17)31)16-4-8-22(32)30-12-16;1-14-10-18(5-6-20(14)25)28-23(30)9-4-17-13-26-21-7-2-15(11-19(21)24(17)28)16-3-8-22(29)27-12-16;1-14-2-6-18(11-21(14)29(31)32)28-23(30)9-5-17-13-26-20-7-3-15(10-19(20)24(17)28)16-4-8-22(25)27-12-16;22-16-8-14(3-4-17(16)23)27-20(28)6-2-13-9-25-18-5-1-12(7-15(18)21(13)27)19-10-24-11-26-19/h2-13H,1H3,(H,30,32);2-13H,1H3,(H,27,29);2-13H,1H3,(H2,25,27);1-11H,(H,24,26). The predicted molar refractivity (Wildman–Crippen MR) is 468 cm³/mol. The molecule has 602 valence electrons. The van der Waals surface area contributed by atoms with Crippen LogP contribution >= 0.6 is 11.6 Å². The third-order valence-corrected chi connectivity index (χ3v) is 21.3. The summed E-state index contributed by atoms with van der Waals surface area (Å²) in [5.41, 5.74) is 17.9. The van der Waals surface area contributed by atoms with Crippen molar-refractivity contribution in [1.29, 1.82) is 0 Å². The lowest BCUT2D eigenvalue weighted by molar-refractivity contribution is -0.385. The summed E-state index contributed by atoms with van der Waals surface area (Å²) in [4.78, 5) is 120. The molecule has 0 saturated heterocycles. The van der Waals surface area contributed by atoms with Gasteiger partial charge in [-0.1, -0.05) is 48.0 Å². The van der Waals surface area contributed by atoms with Gasteiger partial charge in [-0.2, -0.15) is 13.2 Å². The molecule has 123 heavy (non-hydrogen) atoms. The van der Waals surface area contributed by atoms with E-state index in [0.717, 1.165) is 94.1 Å². The first-order chi connectivity index (χ1) is 59.3. The van der Waals surface area contributed by atoms with Crippen LogP contribution in [0.15, 0.2) is 315 Å². The Hall–Kier alpha value is -16.4. The Morgan fingerprint density at radius 1 is 0.382 bits per heavy atom. The number of pyridine rings is 11. The van der Waals surface area contributed by atoms with Gasteiger partial charge in [0.15, 0.2) is 0 Å². The maximum absolute atomic E-state index is 13.8. The molecule has 0 aliphatic heterocycles. The first kappa shape index (κ1) is 79.1. The van der Waals surface area contributed by atoms with Gasteiger partial charge in [0.25, 0.3) is 27.9 Å². The lowest BCUT2D eigenvalue weighted by atomic mass is 10.0. The van der Waals surface area contributed by atoms with Crippen LogP contribution in [0.3, 0.4) is 0 Å². The fourth-order valence-electron chi connectivity index (χ4n) is 14.9. The number of hydrogen-bond donors (Lipinski definition) is 4. The summed E-state index contributed by atoms with van der Waals surface area (Å²) in [7, 11) is 0. The minimum Gasteiger partial charge on any atom is -0.384 e. The molecule has 20 rings (SSSR count). The first-order valence-corrected chi connectivity index (χ1v) is 38.2. The van der Waals surface area contributed by atoms with E-state index in [0.29, 0.717) is 77.9 Å². The quantitative estimate of drug-likeness (QED) is 0.0452. The number of nitrogens with zero attached hydrogens (tertiary/aromatic N) is 11. The molecule has 0 aliphatic carbocycles. The van der Waals surface area contributed by atoms with Crippen molar-refractivity contribution in [2.24, 2.45) is 0 Å². The van der Waals surface area contributed by atoms with E-state index < -0.39 is 28.0 Å². The van der Waals surface area contributed by atoms with Crippen LogP contribution in [0, 0.1) is 42.5 Å². The highest BCUT2D eigenvalue weighted by atomic mass is 35.5. The number of nitrogen functional groups attached to an aromatic ring is 1. The lowest BCUT2D eigenvalue weighted by Gasteiger charge is -2.16. The van der Waals surface area contributed by atoms with Crippen LogP contribution in [0.5, 0.6) is 0 Å². The van der Waals surface area contributed by atoms with Crippen molar-refractivity contribution >= 4 is 110 Å². The molecule has 20 aromatic rings. The van der Waals surface area contributed by atoms with E-state index in [-0.39, 0.29) is 55.6 Å². The van der Waals surface area contributed by atoms with Crippen molar-refractivity contribution in [2.45, 2.75) is 26.9 Å². The van der Waals surface area contributed by atoms with Gasteiger partial charge in [-0.25, -0.2) is 18.7 Å². The molecule has 0 amide bonds. The molecule has 12 heterocycles. The molecule has 12 aromatic heterocycles. The number of alkyl halides is 3. The Morgan fingerprint density at radius 2 is 0.772 bits per heavy atom. The number of nitrogens with two attached hydrogens (primary N) is 1. The van der Waals surface area contributed by atoms with Crippen LogP contribution in [0.1, 0.15) is 22.3 Å². The Labute approximate surface area is 694 Å². The molecule has 0 atom stereocenters. The number of nitro benzene ring substituents is 1. The first-order valence-electron chi connectivity index (χ1n) is 37.8. The molecule has 0 spiro atoms. The fourth-order valence-corrected chi connectivity index (χ4v) is 15.1. The average molecular weight is 1660 g/mol. The minimum atomic E-state index is -4.55. The molecule has 8 aromatic carbocycles. The molecular formula is C94H61ClF5N15O8. The van der Waals surface area contributed by atoms with Crippen LogP contribution in [-0.2, 0) is 6.18 Å². The summed E-state index contributed by atoms with van der Waals surface area (Å²) < 4.78 is 74.1. The number of aromatic nitrogens is 13. The van der Waals surface area contributed by atoms with E-state index in [9.17, 15) is 60.8 Å². The number of rotatable bonds is 9. The number of hydrogen-bond acceptors (Lipinski definition) is 15. The van der Waals surface area contributed by atoms with Crippen LogP contribution in [-0.4, -0.2) is 68.0 Å². The summed E-state index contributed by atoms with van der Waals surface area (Å²) in [5, 5.41) is 17.3. The Balaban J connectivity index is 0.000000117. The van der Waals surface area contributed by atoms with Gasteiger partial charge in [0.1, 0.15) is 17.5 Å². The van der Waals surface area contributed by atoms with Crippen LogP contribution in [0.4, 0.5) is 33.5 Å². The number of anilines is 1. The van der Waals surface area contributed by atoms with Gasteiger partial charge in [0.05, 0.1) is 89.2 Å². The zero-order valence-electron chi connectivity index (χ0n) is 64.7. The van der Waals surface area contributed by atoms with Crippen molar-refractivity contribution in [2.75, 3.05) is 5.73 Å². The number of benzene rings is 8. The number of imidazole rings is 1. The second kappa shape index (κ2) is 32.2. The molecule has 0 unspecified atom stereocenters. The normalized spacial score (nSPS) is 11.4. The number of H-pyrrole nitrogens is 3. The lowest BCUT2D eigenvalue weighted by Crippen LogP contribution is -2.19. The maximum Gasteiger partial charge on any atom is 0.416 e. The van der Waals surface area contributed by atoms with E-state index in [2.05, 4.69) is 44.9 Å². The highest BCUT2D eigenvalue weighted by Crippen LogP contribution is 2.38. The van der Waals surface area contributed by atoms with Gasteiger partial charge in [-0.3, -0.25) is 77.1 Å². The van der Waals surface area contributed by atoms with Gasteiger partial charge < -0.3 is 20.7 Å². The van der Waals surface area contributed by atoms with E-state index >= 15 is 0 Å². The van der Waals surface area contributed by atoms with E-state index in [4.69, 9.17) is 17.3 Å². The Kier molecular flexibility index (Phi) is 20.7. The monoisotopic (exact) mass is 1660 g/mol. The van der Waals surface area contributed by atoms with Gasteiger partial charge >= 0.3 is 6.18 Å². The molecule has 5 N–H and O–H groups in total. The summed E-state index contributed by atoms with van der Waals surface area (Å²) >= 11 is 5.96. The van der Waals surface area contributed by atoms with Gasteiger partial charge in [0.2, 0.25) is 11.1 Å². The van der Waals surface area contributed by atoms with Crippen LogP contribution < -0.4 is 39.1 Å². The number of nitrogens with one attached hydrogen (secondary N) is 3. The van der Waals surface area contributed by atoms with Crippen molar-refractivity contribution < 1.29 is 26.9 Å². The van der Waals surface area contributed by atoms with Crippen LogP contribution in [0.2, 0.25) is 5.02 Å². The SMILES string of the molecule is Cc1cc(-n2c(=O)ccc3cnc4ccc(-c5ccc(=O)[nH]c5)cc4c32)ccc1F.Cc1ccc(-n2c(=O)ccc3cnc4ccc(-c5ccc(=O)[nH]c5)cc4c32)cc1C(F)(F)F.Cc1ccc(-n2c(=O)ccc3cnc4ccc(-c5ccc(N)nc5)cc4c32)cc1[N+](=O)[O-].O=c1ccc2cnc3ccc(-c4cnc[nH]4)cc3c2n1-c1ccc(F)c(Cl)c1.